The Hall–Kier alpha value is -2.44. The van der Waals surface area contributed by atoms with Crippen LogP contribution in [0.3, 0.4) is 0 Å². The molecule has 21 heavy (non-hydrogen) atoms. The quantitative estimate of drug-likeness (QED) is 0.471. The first-order chi connectivity index (χ1) is 10.2. The van der Waals surface area contributed by atoms with Crippen LogP contribution in [0.1, 0.15) is 12.0 Å². The molecule has 0 bridgehead atoms. The van der Waals surface area contributed by atoms with E-state index in [-0.39, 0.29) is 12.8 Å². The molecule has 7 heteroatoms. The lowest BCUT2D eigenvalue weighted by Gasteiger charge is -2.11. The van der Waals surface area contributed by atoms with E-state index in [9.17, 15) is 4.79 Å². The lowest BCUT2D eigenvalue weighted by atomic mass is 10.2. The number of benzene rings is 1. The van der Waals surface area contributed by atoms with Gasteiger partial charge in [-0.15, -0.1) is 0 Å². The third-order valence-electron chi connectivity index (χ3n) is 2.97. The first-order valence-corrected chi connectivity index (χ1v) is 6.63. The number of fused-ring (bicyclic) bond motifs is 1. The van der Waals surface area contributed by atoms with Gasteiger partial charge in [0.25, 0.3) is 0 Å². The van der Waals surface area contributed by atoms with Crippen molar-refractivity contribution in [1.29, 1.82) is 0 Å². The number of esters is 1. The highest BCUT2D eigenvalue weighted by atomic mass is 16.7. The molecule has 1 aliphatic heterocycles. The number of carbonyl (C=O) groups is 1. The Bertz CT molecular complexity index is 531. The van der Waals surface area contributed by atoms with E-state index < -0.39 is 0 Å². The van der Waals surface area contributed by atoms with Crippen molar-refractivity contribution in [3.63, 3.8) is 0 Å². The molecule has 7 nitrogen and oxygen atoms in total. The fraction of sp³-hybridized carbons (Fsp3) is 0.429. The third-order valence-corrected chi connectivity index (χ3v) is 2.97. The molecule has 0 amide bonds. The van der Waals surface area contributed by atoms with Gasteiger partial charge in [0.15, 0.2) is 17.5 Å². The van der Waals surface area contributed by atoms with Crippen LogP contribution in [0.25, 0.3) is 0 Å². The molecule has 0 unspecified atom stereocenters. The molecule has 114 valence electrons. The summed E-state index contributed by atoms with van der Waals surface area (Å²) in [4.78, 5) is 15.1. The van der Waals surface area contributed by atoms with Crippen LogP contribution in [0, 0.1) is 0 Å². The summed E-state index contributed by atoms with van der Waals surface area (Å²) in [7, 11) is 3.04. The van der Waals surface area contributed by atoms with Crippen molar-refractivity contribution < 1.29 is 19.0 Å². The Morgan fingerprint density at radius 3 is 2.90 bits per heavy atom. The lowest BCUT2D eigenvalue weighted by Crippen LogP contribution is -2.37. The molecule has 0 aliphatic carbocycles. The molecule has 1 heterocycles. The molecule has 2 rings (SSSR count). The molecule has 1 aromatic rings. The molecule has 0 fully saturated rings. The maximum atomic E-state index is 11.0. The van der Waals surface area contributed by atoms with Gasteiger partial charge in [0, 0.05) is 20.1 Å². The smallest absolute Gasteiger partial charge is 0.307 e. The largest absolute Gasteiger partial charge is 0.469 e. The number of guanidine groups is 1. The van der Waals surface area contributed by atoms with E-state index in [1.807, 2.05) is 18.2 Å². The van der Waals surface area contributed by atoms with Crippen molar-refractivity contribution in [2.75, 3.05) is 27.5 Å². The fourth-order valence-corrected chi connectivity index (χ4v) is 1.84. The standard InChI is InChI=1S/C14H19N3O4/c1-15-14(16-6-5-13(18)19-2)17-8-10-3-4-11-12(7-10)21-9-20-11/h3-4,7H,5-6,8-9H2,1-2H3,(H2,15,16,17). The number of ether oxygens (including phenoxy) is 3. The summed E-state index contributed by atoms with van der Waals surface area (Å²) in [6.07, 6.45) is 0.293. The zero-order chi connectivity index (χ0) is 15.1. The van der Waals surface area contributed by atoms with Gasteiger partial charge in [0.2, 0.25) is 6.79 Å². The number of hydrogen-bond donors (Lipinski definition) is 2. The highest BCUT2D eigenvalue weighted by molar-refractivity contribution is 5.80. The predicted molar refractivity (Wildman–Crippen MR) is 77.4 cm³/mol. The van der Waals surface area contributed by atoms with Gasteiger partial charge >= 0.3 is 5.97 Å². The lowest BCUT2D eigenvalue weighted by molar-refractivity contribution is -0.140. The van der Waals surface area contributed by atoms with Crippen LogP contribution in [0.5, 0.6) is 11.5 Å². The first-order valence-electron chi connectivity index (χ1n) is 6.63. The van der Waals surface area contributed by atoms with Crippen molar-refractivity contribution in [1.82, 2.24) is 10.6 Å². The fourth-order valence-electron chi connectivity index (χ4n) is 1.84. The average Bonchev–Trinajstić information content (AvgIpc) is 2.97. The second kappa shape index (κ2) is 7.37. The normalized spacial score (nSPS) is 13.0. The Balaban J connectivity index is 1.79. The summed E-state index contributed by atoms with van der Waals surface area (Å²) in [6, 6.07) is 5.77. The number of carbonyl (C=O) groups excluding carboxylic acids is 1. The molecule has 1 aliphatic rings. The second-order valence-electron chi connectivity index (χ2n) is 4.37. The van der Waals surface area contributed by atoms with E-state index in [2.05, 4.69) is 20.4 Å². The van der Waals surface area contributed by atoms with Gasteiger partial charge in [-0.3, -0.25) is 9.79 Å². The van der Waals surface area contributed by atoms with Crippen LogP contribution in [-0.2, 0) is 16.1 Å². The maximum absolute atomic E-state index is 11.0. The number of methoxy groups -OCH3 is 1. The Labute approximate surface area is 123 Å². The Kier molecular flexibility index (Phi) is 5.25. The van der Waals surface area contributed by atoms with E-state index >= 15 is 0 Å². The van der Waals surface area contributed by atoms with Gasteiger partial charge in [0.05, 0.1) is 13.5 Å². The number of rotatable bonds is 5. The summed E-state index contributed by atoms with van der Waals surface area (Å²) < 4.78 is 15.2. The van der Waals surface area contributed by atoms with E-state index in [1.165, 1.54) is 7.11 Å². The minimum Gasteiger partial charge on any atom is -0.469 e. The zero-order valence-electron chi connectivity index (χ0n) is 12.1. The van der Waals surface area contributed by atoms with Crippen molar-refractivity contribution in [2.45, 2.75) is 13.0 Å². The number of aliphatic imine (C=N–C) groups is 1. The molecule has 0 atom stereocenters. The number of nitrogens with one attached hydrogen (secondary N) is 2. The molecular formula is C14H19N3O4. The van der Waals surface area contributed by atoms with Crippen LogP contribution in [0.4, 0.5) is 0 Å². The van der Waals surface area contributed by atoms with Gasteiger partial charge in [-0.25, -0.2) is 0 Å². The van der Waals surface area contributed by atoms with Crippen LogP contribution in [0.15, 0.2) is 23.2 Å². The molecule has 0 saturated heterocycles. The highest BCUT2D eigenvalue weighted by Gasteiger charge is 2.13. The van der Waals surface area contributed by atoms with Crippen LogP contribution >= 0.6 is 0 Å². The second-order valence-corrected chi connectivity index (χ2v) is 4.37. The van der Waals surface area contributed by atoms with Gasteiger partial charge in [0.1, 0.15) is 0 Å². The molecule has 0 aromatic heterocycles. The Morgan fingerprint density at radius 2 is 2.14 bits per heavy atom. The summed E-state index contributed by atoms with van der Waals surface area (Å²) >= 11 is 0. The topological polar surface area (TPSA) is 81.2 Å². The van der Waals surface area contributed by atoms with E-state index in [4.69, 9.17) is 9.47 Å². The summed E-state index contributed by atoms with van der Waals surface area (Å²) in [5.74, 6) is 1.88. The third kappa shape index (κ3) is 4.27. The maximum Gasteiger partial charge on any atom is 0.307 e. The first kappa shape index (κ1) is 15.0. The van der Waals surface area contributed by atoms with Crippen molar-refractivity contribution >= 4 is 11.9 Å². The molecule has 0 spiro atoms. The SMILES string of the molecule is CN=C(NCCC(=O)OC)NCc1ccc2c(c1)OCO2. The molecule has 0 saturated carbocycles. The number of hydrogen-bond acceptors (Lipinski definition) is 5. The van der Waals surface area contributed by atoms with E-state index in [1.54, 1.807) is 7.05 Å². The zero-order valence-corrected chi connectivity index (χ0v) is 12.1. The molecule has 0 radical (unpaired) electrons. The van der Waals surface area contributed by atoms with Crippen molar-refractivity contribution in [3.8, 4) is 11.5 Å². The van der Waals surface area contributed by atoms with Crippen LogP contribution in [0.2, 0.25) is 0 Å². The summed E-state index contributed by atoms with van der Waals surface area (Å²) in [6.45, 7) is 1.32. The van der Waals surface area contributed by atoms with Gasteiger partial charge in [-0.1, -0.05) is 6.07 Å². The Morgan fingerprint density at radius 1 is 1.33 bits per heavy atom. The monoisotopic (exact) mass is 293 g/mol. The molecular weight excluding hydrogens is 274 g/mol. The van der Waals surface area contributed by atoms with E-state index in [0.717, 1.165) is 17.1 Å². The summed E-state index contributed by atoms with van der Waals surface area (Å²) in [5.41, 5.74) is 1.05. The van der Waals surface area contributed by atoms with Gasteiger partial charge < -0.3 is 24.8 Å². The minimum absolute atomic E-state index is 0.256. The van der Waals surface area contributed by atoms with Crippen LogP contribution < -0.4 is 20.1 Å². The van der Waals surface area contributed by atoms with Crippen molar-refractivity contribution in [3.05, 3.63) is 23.8 Å². The van der Waals surface area contributed by atoms with Crippen molar-refractivity contribution in [2.24, 2.45) is 4.99 Å². The van der Waals surface area contributed by atoms with E-state index in [0.29, 0.717) is 25.5 Å². The molecule has 1 aromatic carbocycles. The predicted octanol–water partition coefficient (Wildman–Crippen LogP) is 0.643. The van der Waals surface area contributed by atoms with Gasteiger partial charge in [-0.05, 0) is 17.7 Å². The van der Waals surface area contributed by atoms with Gasteiger partial charge in [-0.2, -0.15) is 0 Å². The highest BCUT2D eigenvalue weighted by Crippen LogP contribution is 2.32. The van der Waals surface area contributed by atoms with Crippen LogP contribution in [-0.4, -0.2) is 39.4 Å². The average molecular weight is 293 g/mol. The molecule has 2 N–H and O–H groups in total. The number of nitrogens with zero attached hydrogens (tertiary/aromatic N) is 1. The minimum atomic E-state index is -0.256. The summed E-state index contributed by atoms with van der Waals surface area (Å²) in [5, 5.41) is 6.20.